The molecule has 2 aromatic carbocycles. The van der Waals surface area contributed by atoms with E-state index < -0.39 is 17.8 Å². The third kappa shape index (κ3) is 5.07. The third-order valence-corrected chi connectivity index (χ3v) is 4.37. The first-order chi connectivity index (χ1) is 13.9. The molecule has 1 heterocycles. The van der Waals surface area contributed by atoms with Gasteiger partial charge in [-0.2, -0.15) is 0 Å². The van der Waals surface area contributed by atoms with Gasteiger partial charge in [0.05, 0.1) is 11.6 Å². The van der Waals surface area contributed by atoms with Crippen LogP contribution in [-0.2, 0) is 16.2 Å². The van der Waals surface area contributed by atoms with Crippen molar-refractivity contribution in [1.29, 1.82) is 0 Å². The van der Waals surface area contributed by atoms with Crippen LogP contribution in [0.15, 0.2) is 42.0 Å². The van der Waals surface area contributed by atoms with Crippen molar-refractivity contribution in [2.45, 2.75) is 13.5 Å². The lowest BCUT2D eigenvalue weighted by Gasteiger charge is -2.16. The van der Waals surface area contributed by atoms with Crippen LogP contribution in [0.2, 0.25) is 10.0 Å². The van der Waals surface area contributed by atoms with E-state index in [0.29, 0.717) is 28.7 Å². The summed E-state index contributed by atoms with van der Waals surface area (Å²) in [6.45, 7) is 2.36. The Labute approximate surface area is 176 Å². The summed E-state index contributed by atoms with van der Waals surface area (Å²) < 4.78 is 11.4. The molecule has 0 unspecified atom stereocenters. The number of amides is 4. The minimum Gasteiger partial charge on any atom is -0.490 e. The summed E-state index contributed by atoms with van der Waals surface area (Å²) in [5.41, 5.74) is 1.06. The van der Waals surface area contributed by atoms with Crippen molar-refractivity contribution < 1.29 is 23.9 Å². The molecule has 1 aliphatic rings. The highest BCUT2D eigenvalue weighted by atomic mass is 35.5. The summed E-state index contributed by atoms with van der Waals surface area (Å²) in [5, 5.41) is 4.85. The van der Waals surface area contributed by atoms with Crippen LogP contribution in [0, 0.1) is 0 Å². The van der Waals surface area contributed by atoms with E-state index >= 15 is 0 Å². The van der Waals surface area contributed by atoms with E-state index in [2.05, 4.69) is 0 Å². The maximum atomic E-state index is 11.9. The van der Waals surface area contributed by atoms with Crippen LogP contribution in [0.5, 0.6) is 11.5 Å². The molecular weight excluding hydrogens is 419 g/mol. The Morgan fingerprint density at radius 3 is 2.38 bits per heavy atom. The molecule has 7 nitrogen and oxygen atoms in total. The standard InChI is InChI=1S/C20H16Cl2N2O5/c1-2-28-16-9-12(7-14-18(25)23-20(27)24-19(14)26)8-15(22)17(16)29-10-11-4-3-5-13(21)6-11/h3-9H,2,10H2,1H3,(H2,23,24,25,26,27). The molecule has 3 rings (SSSR count). The number of barbiturate groups is 1. The first-order valence-electron chi connectivity index (χ1n) is 8.59. The van der Waals surface area contributed by atoms with Crippen molar-refractivity contribution in [2.75, 3.05) is 6.61 Å². The third-order valence-electron chi connectivity index (χ3n) is 3.86. The van der Waals surface area contributed by atoms with Crippen LogP contribution >= 0.6 is 23.2 Å². The average molecular weight is 435 g/mol. The highest BCUT2D eigenvalue weighted by Gasteiger charge is 2.28. The number of carbonyl (C=O) groups is 3. The number of carbonyl (C=O) groups excluding carboxylic acids is 3. The second kappa shape index (κ2) is 8.98. The average Bonchev–Trinajstić information content (AvgIpc) is 2.64. The number of ether oxygens (including phenoxy) is 2. The minimum atomic E-state index is -0.866. The van der Waals surface area contributed by atoms with Gasteiger partial charge in [-0.3, -0.25) is 20.2 Å². The van der Waals surface area contributed by atoms with Crippen molar-refractivity contribution in [3.8, 4) is 11.5 Å². The molecule has 150 valence electrons. The first-order valence-corrected chi connectivity index (χ1v) is 9.35. The smallest absolute Gasteiger partial charge is 0.328 e. The zero-order valence-corrected chi connectivity index (χ0v) is 16.8. The number of rotatable bonds is 6. The normalized spacial score (nSPS) is 13.6. The molecule has 2 aromatic rings. The van der Waals surface area contributed by atoms with Gasteiger partial charge in [-0.1, -0.05) is 35.3 Å². The summed E-state index contributed by atoms with van der Waals surface area (Å²) >= 11 is 12.4. The van der Waals surface area contributed by atoms with Gasteiger partial charge in [0.1, 0.15) is 12.2 Å². The summed E-state index contributed by atoms with van der Waals surface area (Å²) in [4.78, 5) is 35.0. The van der Waals surface area contributed by atoms with Gasteiger partial charge in [0, 0.05) is 5.02 Å². The predicted molar refractivity (Wildman–Crippen MR) is 108 cm³/mol. The zero-order chi connectivity index (χ0) is 21.0. The van der Waals surface area contributed by atoms with Crippen LogP contribution in [-0.4, -0.2) is 24.5 Å². The fraction of sp³-hybridized carbons (Fsp3) is 0.150. The Balaban J connectivity index is 1.90. The second-order valence-corrected chi connectivity index (χ2v) is 6.82. The highest BCUT2D eigenvalue weighted by Crippen LogP contribution is 2.38. The van der Waals surface area contributed by atoms with E-state index in [-0.39, 0.29) is 17.2 Å². The van der Waals surface area contributed by atoms with Crippen molar-refractivity contribution in [1.82, 2.24) is 10.6 Å². The fourth-order valence-corrected chi connectivity index (χ4v) is 3.12. The molecule has 29 heavy (non-hydrogen) atoms. The van der Waals surface area contributed by atoms with Gasteiger partial charge in [-0.05, 0) is 48.4 Å². The van der Waals surface area contributed by atoms with Gasteiger partial charge in [0.15, 0.2) is 11.5 Å². The Bertz CT molecular complexity index is 998. The first kappa shape index (κ1) is 20.7. The molecule has 9 heteroatoms. The van der Waals surface area contributed by atoms with Crippen LogP contribution in [0.3, 0.4) is 0 Å². The summed E-state index contributed by atoms with van der Waals surface area (Å²) in [6, 6.07) is 9.46. The molecule has 0 saturated carbocycles. The van der Waals surface area contributed by atoms with Crippen molar-refractivity contribution in [3.05, 3.63) is 63.1 Å². The quantitative estimate of drug-likeness (QED) is 0.533. The number of imide groups is 2. The molecule has 1 fully saturated rings. The van der Waals surface area contributed by atoms with Crippen LogP contribution < -0.4 is 20.1 Å². The van der Waals surface area contributed by atoms with Gasteiger partial charge >= 0.3 is 6.03 Å². The highest BCUT2D eigenvalue weighted by molar-refractivity contribution is 6.33. The lowest BCUT2D eigenvalue weighted by Crippen LogP contribution is -2.51. The van der Waals surface area contributed by atoms with Gasteiger partial charge in [-0.25, -0.2) is 4.79 Å². The summed E-state index contributed by atoms with van der Waals surface area (Å²) in [6.07, 6.45) is 1.31. The van der Waals surface area contributed by atoms with E-state index in [9.17, 15) is 14.4 Å². The molecule has 0 spiro atoms. The molecule has 0 radical (unpaired) electrons. The topological polar surface area (TPSA) is 93.7 Å². The molecule has 0 atom stereocenters. The number of benzene rings is 2. The minimum absolute atomic E-state index is 0.216. The molecular formula is C20H16Cl2N2O5. The van der Waals surface area contributed by atoms with Gasteiger partial charge in [-0.15, -0.1) is 0 Å². The lowest BCUT2D eigenvalue weighted by molar-refractivity contribution is -0.123. The zero-order valence-electron chi connectivity index (χ0n) is 15.3. The fourth-order valence-electron chi connectivity index (χ4n) is 2.63. The molecule has 1 saturated heterocycles. The van der Waals surface area contributed by atoms with Crippen LogP contribution in [0.1, 0.15) is 18.1 Å². The van der Waals surface area contributed by atoms with E-state index in [0.717, 1.165) is 5.56 Å². The molecule has 2 N–H and O–H groups in total. The van der Waals surface area contributed by atoms with Gasteiger partial charge in [0.25, 0.3) is 11.8 Å². The SMILES string of the molecule is CCOc1cc(C=C2C(=O)NC(=O)NC2=O)cc(Cl)c1OCc1cccc(Cl)c1. The Morgan fingerprint density at radius 1 is 1.00 bits per heavy atom. The Morgan fingerprint density at radius 2 is 1.72 bits per heavy atom. The monoisotopic (exact) mass is 434 g/mol. The predicted octanol–water partition coefficient (Wildman–Crippen LogP) is 3.72. The summed E-state index contributed by atoms with van der Waals surface area (Å²) in [5.74, 6) is -0.923. The molecule has 0 aromatic heterocycles. The van der Waals surface area contributed by atoms with Crippen LogP contribution in [0.25, 0.3) is 6.08 Å². The maximum absolute atomic E-state index is 11.9. The van der Waals surface area contributed by atoms with E-state index in [1.807, 2.05) is 22.8 Å². The maximum Gasteiger partial charge on any atom is 0.328 e. The van der Waals surface area contributed by atoms with E-state index in [4.69, 9.17) is 32.7 Å². The number of urea groups is 1. The molecule has 4 amide bonds. The largest absolute Gasteiger partial charge is 0.490 e. The van der Waals surface area contributed by atoms with Crippen molar-refractivity contribution >= 4 is 47.1 Å². The number of halogens is 2. The number of hydrogen-bond donors (Lipinski definition) is 2. The second-order valence-electron chi connectivity index (χ2n) is 5.98. The number of hydrogen-bond acceptors (Lipinski definition) is 5. The lowest BCUT2D eigenvalue weighted by atomic mass is 10.1. The van der Waals surface area contributed by atoms with E-state index in [1.165, 1.54) is 12.1 Å². The van der Waals surface area contributed by atoms with Crippen molar-refractivity contribution in [3.63, 3.8) is 0 Å². The van der Waals surface area contributed by atoms with Gasteiger partial charge in [0.2, 0.25) is 0 Å². The summed E-state index contributed by atoms with van der Waals surface area (Å²) in [7, 11) is 0. The Kier molecular flexibility index (Phi) is 6.41. The molecule has 1 aliphatic heterocycles. The van der Waals surface area contributed by atoms with E-state index in [1.54, 1.807) is 25.1 Å². The van der Waals surface area contributed by atoms with Gasteiger partial charge < -0.3 is 9.47 Å². The van der Waals surface area contributed by atoms with Crippen molar-refractivity contribution in [2.24, 2.45) is 0 Å². The number of nitrogens with one attached hydrogen (secondary N) is 2. The molecule has 0 bridgehead atoms. The Hall–Kier alpha value is -3.03. The molecule has 0 aliphatic carbocycles. The van der Waals surface area contributed by atoms with Crippen LogP contribution in [0.4, 0.5) is 4.79 Å².